The molecule has 3 aromatic carbocycles. The molecule has 4 aromatic rings. The minimum atomic E-state index is 0.154. The molecule has 0 bridgehead atoms. The van der Waals surface area contributed by atoms with Crippen LogP contribution in [-0.4, -0.2) is 40.1 Å². The second kappa shape index (κ2) is 8.42. The summed E-state index contributed by atoms with van der Waals surface area (Å²) in [6, 6.07) is 22.8. The standard InChI is InChI=1S/C26H27N3O2/c1-2-28-18-21(17-25(28)30)26-27-23-10-5-6-11-24(23)29(26)14-7-15-31-22-13-12-19-8-3-4-9-20(19)16-22/h3-6,8-13,16,21H,2,7,14-15,17-18H2,1H3. The fraction of sp³-hybridized carbons (Fsp3) is 0.308. The number of benzene rings is 3. The number of imidazole rings is 1. The number of carbonyl (C=O) groups is 1. The molecule has 0 saturated carbocycles. The summed E-state index contributed by atoms with van der Waals surface area (Å²) in [5.74, 6) is 2.30. The van der Waals surface area contributed by atoms with Crippen LogP contribution in [0, 0.1) is 0 Å². The van der Waals surface area contributed by atoms with Crippen molar-refractivity contribution in [3.05, 3.63) is 72.6 Å². The number of likely N-dealkylation sites (N-methyl/N-ethyl adjacent to an activating group) is 1. The van der Waals surface area contributed by atoms with Crippen molar-refractivity contribution < 1.29 is 9.53 Å². The zero-order valence-corrected chi connectivity index (χ0v) is 17.8. The molecule has 0 aliphatic carbocycles. The molecular weight excluding hydrogens is 386 g/mol. The summed E-state index contributed by atoms with van der Waals surface area (Å²) in [5, 5.41) is 2.41. The van der Waals surface area contributed by atoms with Crippen molar-refractivity contribution in [1.82, 2.24) is 14.5 Å². The third-order valence-corrected chi connectivity index (χ3v) is 6.16. The monoisotopic (exact) mass is 413 g/mol. The number of carbonyl (C=O) groups excluding carboxylic acids is 1. The number of rotatable bonds is 7. The van der Waals surface area contributed by atoms with Crippen LogP contribution in [0.1, 0.15) is 31.5 Å². The number of fused-ring (bicyclic) bond motifs is 2. The first kappa shape index (κ1) is 19.6. The lowest BCUT2D eigenvalue weighted by Crippen LogP contribution is -2.24. The Hall–Kier alpha value is -3.34. The van der Waals surface area contributed by atoms with E-state index in [1.165, 1.54) is 10.8 Å². The third-order valence-electron chi connectivity index (χ3n) is 6.16. The van der Waals surface area contributed by atoms with E-state index < -0.39 is 0 Å². The molecule has 31 heavy (non-hydrogen) atoms. The maximum absolute atomic E-state index is 12.3. The minimum Gasteiger partial charge on any atom is -0.494 e. The highest BCUT2D eigenvalue weighted by Crippen LogP contribution is 2.30. The highest BCUT2D eigenvalue weighted by Gasteiger charge is 2.33. The van der Waals surface area contributed by atoms with Gasteiger partial charge in [0.15, 0.2) is 0 Å². The lowest BCUT2D eigenvalue weighted by molar-refractivity contribution is -0.127. The van der Waals surface area contributed by atoms with Gasteiger partial charge in [-0.2, -0.15) is 0 Å². The molecule has 1 unspecified atom stereocenters. The summed E-state index contributed by atoms with van der Waals surface area (Å²) < 4.78 is 8.33. The Kier molecular flexibility index (Phi) is 5.33. The number of ether oxygens (including phenoxy) is 1. The largest absolute Gasteiger partial charge is 0.494 e. The molecule has 1 aliphatic heterocycles. The van der Waals surface area contributed by atoms with Crippen LogP contribution in [0.15, 0.2) is 66.7 Å². The van der Waals surface area contributed by atoms with Gasteiger partial charge in [-0.1, -0.05) is 42.5 Å². The predicted molar refractivity (Wildman–Crippen MR) is 123 cm³/mol. The highest BCUT2D eigenvalue weighted by atomic mass is 16.5. The zero-order valence-electron chi connectivity index (χ0n) is 17.8. The van der Waals surface area contributed by atoms with Crippen LogP contribution in [0.4, 0.5) is 0 Å². The summed E-state index contributed by atoms with van der Waals surface area (Å²) in [4.78, 5) is 19.1. The smallest absolute Gasteiger partial charge is 0.223 e. The van der Waals surface area contributed by atoms with Crippen molar-refractivity contribution in [1.29, 1.82) is 0 Å². The van der Waals surface area contributed by atoms with Crippen LogP contribution in [0.5, 0.6) is 5.75 Å². The molecule has 0 N–H and O–H groups in total. The third kappa shape index (κ3) is 3.88. The van der Waals surface area contributed by atoms with Gasteiger partial charge in [0.05, 0.1) is 17.6 Å². The Morgan fingerprint density at radius 3 is 2.68 bits per heavy atom. The summed E-state index contributed by atoms with van der Waals surface area (Å²) in [6.07, 6.45) is 1.42. The molecular formula is C26H27N3O2. The van der Waals surface area contributed by atoms with Crippen LogP contribution in [0.25, 0.3) is 21.8 Å². The van der Waals surface area contributed by atoms with Crippen LogP contribution in [-0.2, 0) is 11.3 Å². The number of aryl methyl sites for hydroxylation is 1. The second-order valence-electron chi connectivity index (χ2n) is 8.15. The van der Waals surface area contributed by atoms with E-state index in [4.69, 9.17) is 9.72 Å². The molecule has 1 amide bonds. The molecule has 0 spiro atoms. The summed E-state index contributed by atoms with van der Waals surface area (Å²) >= 11 is 0. The van der Waals surface area contributed by atoms with Gasteiger partial charge in [0.25, 0.3) is 0 Å². The Morgan fingerprint density at radius 2 is 1.84 bits per heavy atom. The van der Waals surface area contributed by atoms with Gasteiger partial charge in [0.1, 0.15) is 11.6 Å². The average molecular weight is 414 g/mol. The molecule has 158 valence electrons. The number of hydrogen-bond acceptors (Lipinski definition) is 3. The van der Waals surface area contributed by atoms with Gasteiger partial charge in [-0.15, -0.1) is 0 Å². The van der Waals surface area contributed by atoms with Crippen molar-refractivity contribution in [3.8, 4) is 5.75 Å². The lowest BCUT2D eigenvalue weighted by atomic mass is 10.1. The first-order chi connectivity index (χ1) is 15.2. The fourth-order valence-corrected chi connectivity index (χ4v) is 4.56. The van der Waals surface area contributed by atoms with Gasteiger partial charge in [-0.3, -0.25) is 4.79 Å². The van der Waals surface area contributed by atoms with Crippen molar-refractivity contribution in [2.24, 2.45) is 0 Å². The van der Waals surface area contributed by atoms with Crippen molar-refractivity contribution in [3.63, 3.8) is 0 Å². The quantitative estimate of drug-likeness (QED) is 0.401. The van der Waals surface area contributed by atoms with Gasteiger partial charge in [-0.05, 0) is 48.4 Å². The Labute approximate surface area is 182 Å². The SMILES string of the molecule is CCN1CC(c2nc3ccccc3n2CCCOc2ccc3ccccc3c2)CC1=O. The molecule has 1 aromatic heterocycles. The molecule has 1 atom stereocenters. The maximum atomic E-state index is 12.3. The summed E-state index contributed by atoms with van der Waals surface area (Å²) in [6.45, 7) is 5.00. The molecule has 0 radical (unpaired) electrons. The van der Waals surface area contributed by atoms with Crippen LogP contribution >= 0.6 is 0 Å². The van der Waals surface area contributed by atoms with Gasteiger partial charge >= 0.3 is 0 Å². The van der Waals surface area contributed by atoms with E-state index in [2.05, 4.69) is 41.0 Å². The number of aromatic nitrogens is 2. The van der Waals surface area contributed by atoms with Gasteiger partial charge in [-0.25, -0.2) is 4.98 Å². The van der Waals surface area contributed by atoms with Crippen molar-refractivity contribution in [2.45, 2.75) is 32.2 Å². The molecule has 2 heterocycles. The van der Waals surface area contributed by atoms with Gasteiger partial charge < -0.3 is 14.2 Å². The number of hydrogen-bond donors (Lipinski definition) is 0. The zero-order chi connectivity index (χ0) is 21.2. The number of likely N-dealkylation sites (tertiary alicyclic amines) is 1. The van der Waals surface area contributed by atoms with E-state index >= 15 is 0 Å². The fourth-order valence-electron chi connectivity index (χ4n) is 4.56. The van der Waals surface area contributed by atoms with Crippen LogP contribution in [0.3, 0.4) is 0 Å². The minimum absolute atomic E-state index is 0.154. The molecule has 1 saturated heterocycles. The number of amides is 1. The molecule has 1 aliphatic rings. The van der Waals surface area contributed by atoms with E-state index in [-0.39, 0.29) is 11.8 Å². The van der Waals surface area contributed by atoms with Crippen molar-refractivity contribution >= 4 is 27.7 Å². The van der Waals surface area contributed by atoms with E-state index in [9.17, 15) is 4.79 Å². The first-order valence-corrected chi connectivity index (χ1v) is 11.1. The average Bonchev–Trinajstić information content (AvgIpc) is 3.36. The van der Waals surface area contributed by atoms with Gasteiger partial charge in [0, 0.05) is 32.0 Å². The van der Waals surface area contributed by atoms with Crippen LogP contribution < -0.4 is 4.74 Å². The second-order valence-corrected chi connectivity index (χ2v) is 8.15. The Morgan fingerprint density at radius 1 is 1.03 bits per heavy atom. The van der Waals surface area contributed by atoms with E-state index in [1.54, 1.807) is 0 Å². The van der Waals surface area contributed by atoms with Gasteiger partial charge in [0.2, 0.25) is 5.91 Å². The summed E-state index contributed by atoms with van der Waals surface area (Å²) in [7, 11) is 0. The molecule has 5 nitrogen and oxygen atoms in total. The number of para-hydroxylation sites is 2. The van der Waals surface area contributed by atoms with E-state index in [0.29, 0.717) is 13.0 Å². The van der Waals surface area contributed by atoms with E-state index in [1.807, 2.05) is 42.2 Å². The molecule has 5 rings (SSSR count). The maximum Gasteiger partial charge on any atom is 0.223 e. The topological polar surface area (TPSA) is 47.4 Å². The number of nitrogens with zero attached hydrogens (tertiary/aromatic N) is 3. The molecule has 1 fully saturated rings. The Balaban J connectivity index is 1.31. The normalized spacial score (nSPS) is 16.5. The van der Waals surface area contributed by atoms with Crippen LogP contribution in [0.2, 0.25) is 0 Å². The summed E-state index contributed by atoms with van der Waals surface area (Å²) in [5.41, 5.74) is 2.13. The first-order valence-electron chi connectivity index (χ1n) is 11.1. The predicted octanol–water partition coefficient (Wildman–Crippen LogP) is 4.99. The Bertz CT molecular complexity index is 1230. The lowest BCUT2D eigenvalue weighted by Gasteiger charge is -2.15. The molecule has 5 heteroatoms. The van der Waals surface area contributed by atoms with Crippen molar-refractivity contribution in [2.75, 3.05) is 19.7 Å². The van der Waals surface area contributed by atoms with E-state index in [0.717, 1.165) is 48.7 Å². The highest BCUT2D eigenvalue weighted by molar-refractivity contribution is 5.83.